The van der Waals surface area contributed by atoms with Gasteiger partial charge in [-0.2, -0.15) is 5.26 Å². The maximum absolute atomic E-state index is 12.0. The Morgan fingerprint density at radius 2 is 2.44 bits per heavy atom. The smallest absolute Gasteiger partial charge is 0.251 e. The summed E-state index contributed by atoms with van der Waals surface area (Å²) < 4.78 is 5.53. The molecule has 1 heterocycles. The van der Waals surface area contributed by atoms with Gasteiger partial charge < -0.3 is 10.1 Å². The van der Waals surface area contributed by atoms with Crippen LogP contribution in [0.15, 0.2) is 24.3 Å². The molecule has 1 aromatic carbocycles. The van der Waals surface area contributed by atoms with E-state index in [4.69, 9.17) is 10.00 Å². The lowest BCUT2D eigenvalue weighted by atomic mass is 10.1. The second-order valence-electron chi connectivity index (χ2n) is 4.51. The predicted molar refractivity (Wildman–Crippen MR) is 67.1 cm³/mol. The molecule has 0 bridgehead atoms. The van der Waals surface area contributed by atoms with Gasteiger partial charge in [0.25, 0.3) is 5.91 Å². The number of ether oxygens (including phenoxy) is 1. The van der Waals surface area contributed by atoms with E-state index in [2.05, 4.69) is 5.32 Å². The molecule has 4 heteroatoms. The first kappa shape index (κ1) is 12.6. The zero-order valence-electron chi connectivity index (χ0n) is 10.3. The lowest BCUT2D eigenvalue weighted by Gasteiger charge is -2.20. The summed E-state index contributed by atoms with van der Waals surface area (Å²) in [5.41, 5.74) is 1.01. The van der Waals surface area contributed by atoms with E-state index in [1.54, 1.807) is 24.3 Å². The molecule has 4 nitrogen and oxygen atoms in total. The van der Waals surface area contributed by atoms with Gasteiger partial charge in [-0.3, -0.25) is 4.79 Å². The molecule has 1 amide bonds. The first-order chi connectivity index (χ1) is 8.70. The largest absolute Gasteiger partial charge is 0.376 e. The summed E-state index contributed by atoms with van der Waals surface area (Å²) in [5.74, 6) is -0.157. The molecular weight excluding hydrogens is 228 g/mol. The highest BCUT2D eigenvalue weighted by molar-refractivity contribution is 5.94. The number of nitriles is 1. The molecule has 0 aliphatic carbocycles. The van der Waals surface area contributed by atoms with Gasteiger partial charge in [-0.05, 0) is 38.0 Å². The Kier molecular flexibility index (Phi) is 3.96. The number of carbonyl (C=O) groups is 1. The number of amides is 1. The van der Waals surface area contributed by atoms with Crippen molar-refractivity contribution < 1.29 is 9.53 Å². The lowest BCUT2D eigenvalue weighted by molar-refractivity contribution is 0.0712. The minimum atomic E-state index is -0.157. The van der Waals surface area contributed by atoms with Crippen LogP contribution >= 0.6 is 0 Å². The maximum atomic E-state index is 12.0. The Labute approximate surface area is 107 Å². The molecule has 2 unspecified atom stereocenters. The van der Waals surface area contributed by atoms with E-state index >= 15 is 0 Å². The number of nitrogens with one attached hydrogen (secondary N) is 1. The molecule has 94 valence electrons. The van der Waals surface area contributed by atoms with Crippen LogP contribution in [0, 0.1) is 11.3 Å². The van der Waals surface area contributed by atoms with Gasteiger partial charge in [-0.1, -0.05) is 6.07 Å². The number of nitrogens with zero attached hydrogens (tertiary/aromatic N) is 1. The summed E-state index contributed by atoms with van der Waals surface area (Å²) in [7, 11) is 0. The van der Waals surface area contributed by atoms with Crippen molar-refractivity contribution in [2.24, 2.45) is 0 Å². The van der Waals surface area contributed by atoms with Crippen LogP contribution in [0.3, 0.4) is 0 Å². The highest BCUT2D eigenvalue weighted by atomic mass is 16.5. The average molecular weight is 244 g/mol. The van der Waals surface area contributed by atoms with E-state index < -0.39 is 0 Å². The van der Waals surface area contributed by atoms with Crippen molar-refractivity contribution in [2.45, 2.75) is 31.9 Å². The molecule has 0 spiro atoms. The van der Waals surface area contributed by atoms with Gasteiger partial charge >= 0.3 is 0 Å². The van der Waals surface area contributed by atoms with Crippen LogP contribution in [0.4, 0.5) is 0 Å². The standard InChI is InChI=1S/C14H16N2O2/c1-10(13-6-3-7-18-13)16-14(17)12-5-2-4-11(8-12)9-15/h2,4-5,8,10,13H,3,6-7H2,1H3,(H,16,17). The summed E-state index contributed by atoms with van der Waals surface area (Å²) in [6, 6.07) is 8.71. The quantitative estimate of drug-likeness (QED) is 0.882. The van der Waals surface area contributed by atoms with Crippen molar-refractivity contribution in [3.05, 3.63) is 35.4 Å². The molecule has 1 aliphatic rings. The average Bonchev–Trinajstić information content (AvgIpc) is 2.92. The van der Waals surface area contributed by atoms with Crippen LogP contribution in [0.5, 0.6) is 0 Å². The van der Waals surface area contributed by atoms with Gasteiger partial charge in [-0.25, -0.2) is 0 Å². The second kappa shape index (κ2) is 5.65. The van der Waals surface area contributed by atoms with Crippen molar-refractivity contribution in [3.63, 3.8) is 0 Å². The normalized spacial score (nSPS) is 20.1. The predicted octanol–water partition coefficient (Wildman–Crippen LogP) is 1.86. The molecule has 1 aromatic rings. The monoisotopic (exact) mass is 244 g/mol. The van der Waals surface area contributed by atoms with Gasteiger partial charge in [0.05, 0.1) is 23.8 Å². The van der Waals surface area contributed by atoms with E-state index in [1.165, 1.54) is 0 Å². The molecule has 0 saturated carbocycles. The number of carbonyl (C=O) groups excluding carboxylic acids is 1. The van der Waals surface area contributed by atoms with Gasteiger partial charge in [0.15, 0.2) is 0 Å². The zero-order chi connectivity index (χ0) is 13.0. The minimum absolute atomic E-state index is 0.00857. The molecule has 0 aromatic heterocycles. The third kappa shape index (κ3) is 2.88. The fourth-order valence-corrected chi connectivity index (χ4v) is 2.11. The van der Waals surface area contributed by atoms with Crippen LogP contribution in [-0.2, 0) is 4.74 Å². The SMILES string of the molecule is CC(NC(=O)c1cccc(C#N)c1)C1CCCO1. The number of hydrogen-bond donors (Lipinski definition) is 1. The summed E-state index contributed by atoms with van der Waals surface area (Å²) in [5, 5.41) is 11.7. The first-order valence-corrected chi connectivity index (χ1v) is 6.13. The van der Waals surface area contributed by atoms with Crippen LogP contribution in [0.25, 0.3) is 0 Å². The molecule has 2 rings (SSSR count). The molecule has 0 radical (unpaired) electrons. The van der Waals surface area contributed by atoms with Gasteiger partial charge in [0.2, 0.25) is 0 Å². The molecule has 2 atom stereocenters. The highest BCUT2D eigenvalue weighted by Crippen LogP contribution is 2.15. The Bertz CT molecular complexity index is 473. The van der Waals surface area contributed by atoms with Crippen molar-refractivity contribution >= 4 is 5.91 Å². The van der Waals surface area contributed by atoms with E-state index in [0.717, 1.165) is 19.4 Å². The highest BCUT2D eigenvalue weighted by Gasteiger charge is 2.23. The molecular formula is C14H16N2O2. The Morgan fingerprint density at radius 1 is 1.61 bits per heavy atom. The summed E-state index contributed by atoms with van der Waals surface area (Å²) in [6.07, 6.45) is 2.14. The van der Waals surface area contributed by atoms with E-state index in [-0.39, 0.29) is 18.1 Å². The van der Waals surface area contributed by atoms with E-state index in [1.807, 2.05) is 13.0 Å². The van der Waals surface area contributed by atoms with E-state index in [9.17, 15) is 4.79 Å². The fraction of sp³-hybridized carbons (Fsp3) is 0.429. The topological polar surface area (TPSA) is 62.1 Å². The van der Waals surface area contributed by atoms with Crippen LogP contribution in [-0.4, -0.2) is 24.7 Å². The third-order valence-corrected chi connectivity index (χ3v) is 3.14. The first-order valence-electron chi connectivity index (χ1n) is 6.13. The Balaban J connectivity index is 2.00. The molecule has 1 saturated heterocycles. The van der Waals surface area contributed by atoms with Gasteiger partial charge in [0, 0.05) is 12.2 Å². The summed E-state index contributed by atoms with van der Waals surface area (Å²) >= 11 is 0. The second-order valence-corrected chi connectivity index (χ2v) is 4.51. The molecule has 1 aliphatic heterocycles. The van der Waals surface area contributed by atoms with Crippen LogP contribution < -0.4 is 5.32 Å². The fourth-order valence-electron chi connectivity index (χ4n) is 2.11. The number of benzene rings is 1. The Hall–Kier alpha value is -1.86. The zero-order valence-corrected chi connectivity index (χ0v) is 10.3. The summed E-state index contributed by atoms with van der Waals surface area (Å²) in [6.45, 7) is 2.72. The molecule has 1 N–H and O–H groups in total. The van der Waals surface area contributed by atoms with Gasteiger partial charge in [0.1, 0.15) is 0 Å². The Morgan fingerprint density at radius 3 is 3.11 bits per heavy atom. The third-order valence-electron chi connectivity index (χ3n) is 3.14. The molecule has 1 fully saturated rings. The number of hydrogen-bond acceptors (Lipinski definition) is 3. The van der Waals surface area contributed by atoms with Crippen molar-refractivity contribution in [3.8, 4) is 6.07 Å². The molecule has 18 heavy (non-hydrogen) atoms. The maximum Gasteiger partial charge on any atom is 0.251 e. The van der Waals surface area contributed by atoms with Gasteiger partial charge in [-0.15, -0.1) is 0 Å². The van der Waals surface area contributed by atoms with E-state index in [0.29, 0.717) is 11.1 Å². The van der Waals surface area contributed by atoms with Crippen molar-refractivity contribution in [1.82, 2.24) is 5.32 Å². The summed E-state index contributed by atoms with van der Waals surface area (Å²) in [4.78, 5) is 12.0. The van der Waals surface area contributed by atoms with Crippen molar-refractivity contribution in [2.75, 3.05) is 6.61 Å². The minimum Gasteiger partial charge on any atom is -0.376 e. The van der Waals surface area contributed by atoms with Crippen molar-refractivity contribution in [1.29, 1.82) is 5.26 Å². The van der Waals surface area contributed by atoms with Crippen LogP contribution in [0.1, 0.15) is 35.7 Å². The van der Waals surface area contributed by atoms with Crippen LogP contribution in [0.2, 0.25) is 0 Å². The number of rotatable bonds is 3. The lowest BCUT2D eigenvalue weighted by Crippen LogP contribution is -2.40.